The molecule has 3 aliphatic rings. The van der Waals surface area contributed by atoms with Crippen molar-refractivity contribution in [3.05, 3.63) is 42.1 Å². The van der Waals surface area contributed by atoms with Crippen LogP contribution in [0.15, 0.2) is 36.4 Å². The lowest BCUT2D eigenvalue weighted by Crippen LogP contribution is -2.43. The summed E-state index contributed by atoms with van der Waals surface area (Å²) in [4.78, 5) is 33.3. The molecule has 3 heterocycles. The van der Waals surface area contributed by atoms with Crippen LogP contribution in [0.3, 0.4) is 0 Å². The summed E-state index contributed by atoms with van der Waals surface area (Å²) in [7, 11) is 0. The van der Waals surface area contributed by atoms with Gasteiger partial charge in [-0.05, 0) is 62.7 Å². The summed E-state index contributed by atoms with van der Waals surface area (Å²) in [5, 5.41) is 10.8. The first-order chi connectivity index (χ1) is 14.0. The monoisotopic (exact) mass is 393 g/mol. The highest BCUT2D eigenvalue weighted by molar-refractivity contribution is 5.87. The number of benzene rings is 1. The van der Waals surface area contributed by atoms with Gasteiger partial charge in [-0.1, -0.05) is 24.3 Å². The van der Waals surface area contributed by atoms with Crippen molar-refractivity contribution in [2.45, 2.75) is 44.7 Å². The lowest BCUT2D eigenvalue weighted by atomic mass is 9.76. The minimum absolute atomic E-state index is 0.0408. The average Bonchev–Trinajstić information content (AvgIpc) is 3.51. The molecule has 29 heavy (non-hydrogen) atoms. The highest BCUT2D eigenvalue weighted by Crippen LogP contribution is 2.45. The summed E-state index contributed by atoms with van der Waals surface area (Å²) in [6.45, 7) is 3.27. The number of carbonyl (C=O) groups is 2. The molecule has 1 saturated carbocycles. The summed E-state index contributed by atoms with van der Waals surface area (Å²) < 4.78 is 0. The SMILES string of the molecule is O=C(O)[C@@H]1CC2(CCN(Cc3ccc4ccccc4n3)CC2)CN1C(=O)C1CC1. The Morgan fingerprint density at radius 3 is 2.59 bits per heavy atom. The molecule has 1 aromatic carbocycles. The van der Waals surface area contributed by atoms with Crippen molar-refractivity contribution in [3.8, 4) is 0 Å². The first-order valence-corrected chi connectivity index (χ1v) is 10.6. The van der Waals surface area contributed by atoms with E-state index in [0.29, 0.717) is 13.0 Å². The molecule has 6 heteroatoms. The van der Waals surface area contributed by atoms with Crippen LogP contribution in [0.2, 0.25) is 0 Å². The number of fused-ring (bicyclic) bond motifs is 1. The number of hydrogen-bond acceptors (Lipinski definition) is 4. The lowest BCUT2D eigenvalue weighted by molar-refractivity contribution is -0.148. The number of hydrogen-bond donors (Lipinski definition) is 1. The van der Waals surface area contributed by atoms with Gasteiger partial charge in [-0.2, -0.15) is 0 Å². The average molecular weight is 393 g/mol. The minimum atomic E-state index is -0.848. The molecule has 1 amide bonds. The fourth-order valence-corrected chi connectivity index (χ4v) is 5.05. The van der Waals surface area contributed by atoms with Gasteiger partial charge in [-0.15, -0.1) is 0 Å². The molecule has 3 fully saturated rings. The maximum atomic E-state index is 12.6. The van der Waals surface area contributed by atoms with Gasteiger partial charge in [0.15, 0.2) is 0 Å². The van der Waals surface area contributed by atoms with Crippen LogP contribution in [0.25, 0.3) is 10.9 Å². The molecule has 2 aromatic rings. The van der Waals surface area contributed by atoms with E-state index in [-0.39, 0.29) is 17.2 Å². The molecule has 5 rings (SSSR count). The maximum absolute atomic E-state index is 12.6. The highest BCUT2D eigenvalue weighted by Gasteiger charge is 2.51. The number of piperidine rings is 1. The largest absolute Gasteiger partial charge is 0.480 e. The molecule has 0 radical (unpaired) electrons. The number of rotatable bonds is 4. The van der Waals surface area contributed by atoms with Gasteiger partial charge in [-0.3, -0.25) is 14.7 Å². The Kier molecular flexibility index (Phi) is 4.54. The lowest BCUT2D eigenvalue weighted by Gasteiger charge is -2.39. The van der Waals surface area contributed by atoms with Gasteiger partial charge in [0.25, 0.3) is 0 Å². The van der Waals surface area contributed by atoms with Crippen LogP contribution in [0.5, 0.6) is 0 Å². The van der Waals surface area contributed by atoms with E-state index in [2.05, 4.69) is 23.1 Å². The number of para-hydroxylation sites is 1. The van der Waals surface area contributed by atoms with Crippen molar-refractivity contribution >= 4 is 22.8 Å². The topological polar surface area (TPSA) is 73.7 Å². The second-order valence-corrected chi connectivity index (χ2v) is 9.07. The zero-order chi connectivity index (χ0) is 20.0. The summed E-state index contributed by atoms with van der Waals surface area (Å²) in [6.07, 6.45) is 4.32. The van der Waals surface area contributed by atoms with E-state index in [9.17, 15) is 14.7 Å². The number of amides is 1. The summed E-state index contributed by atoms with van der Waals surface area (Å²) in [5.74, 6) is -0.707. The van der Waals surface area contributed by atoms with Crippen LogP contribution in [-0.2, 0) is 16.1 Å². The van der Waals surface area contributed by atoms with E-state index < -0.39 is 12.0 Å². The predicted octanol–water partition coefficient (Wildman–Crippen LogP) is 2.91. The van der Waals surface area contributed by atoms with E-state index >= 15 is 0 Å². The molecule has 0 unspecified atom stereocenters. The van der Waals surface area contributed by atoms with Crippen molar-refractivity contribution < 1.29 is 14.7 Å². The highest BCUT2D eigenvalue weighted by atomic mass is 16.4. The van der Waals surface area contributed by atoms with Gasteiger partial charge in [0.1, 0.15) is 6.04 Å². The van der Waals surface area contributed by atoms with Crippen LogP contribution in [0.1, 0.15) is 37.8 Å². The van der Waals surface area contributed by atoms with Crippen LogP contribution in [-0.4, -0.2) is 57.4 Å². The number of carboxylic acid groups (broad SMARTS) is 1. The van der Waals surface area contributed by atoms with Gasteiger partial charge in [-0.25, -0.2) is 4.79 Å². The summed E-state index contributed by atoms with van der Waals surface area (Å²) >= 11 is 0. The third-order valence-corrected chi connectivity index (χ3v) is 6.96. The molecule has 1 aromatic heterocycles. The van der Waals surface area contributed by atoms with Crippen molar-refractivity contribution in [2.24, 2.45) is 11.3 Å². The van der Waals surface area contributed by atoms with Gasteiger partial charge in [0, 0.05) is 24.4 Å². The molecule has 1 atom stereocenters. The Hall–Kier alpha value is -2.47. The normalized spacial score (nSPS) is 24.3. The quantitative estimate of drug-likeness (QED) is 0.865. The van der Waals surface area contributed by atoms with Crippen LogP contribution >= 0.6 is 0 Å². The van der Waals surface area contributed by atoms with Crippen LogP contribution in [0, 0.1) is 11.3 Å². The Morgan fingerprint density at radius 2 is 1.86 bits per heavy atom. The molecule has 6 nitrogen and oxygen atoms in total. The number of carboxylic acids is 1. The number of likely N-dealkylation sites (tertiary alicyclic amines) is 2. The number of aromatic nitrogens is 1. The predicted molar refractivity (Wildman–Crippen MR) is 109 cm³/mol. The smallest absolute Gasteiger partial charge is 0.326 e. The Labute approximate surface area is 170 Å². The third kappa shape index (κ3) is 3.62. The third-order valence-electron chi connectivity index (χ3n) is 6.96. The molecule has 0 bridgehead atoms. The maximum Gasteiger partial charge on any atom is 0.326 e. The Bertz CT molecular complexity index is 947. The van der Waals surface area contributed by atoms with Gasteiger partial charge in [0.05, 0.1) is 11.2 Å². The molecule has 1 N–H and O–H groups in total. The second kappa shape index (κ2) is 7.10. The van der Waals surface area contributed by atoms with Crippen molar-refractivity contribution in [1.29, 1.82) is 0 Å². The van der Waals surface area contributed by atoms with Crippen molar-refractivity contribution in [2.75, 3.05) is 19.6 Å². The van der Waals surface area contributed by atoms with Gasteiger partial charge in [0.2, 0.25) is 5.91 Å². The number of nitrogens with zero attached hydrogens (tertiary/aromatic N) is 3. The first-order valence-electron chi connectivity index (χ1n) is 10.6. The molecule has 2 aliphatic heterocycles. The van der Waals surface area contributed by atoms with Crippen LogP contribution in [0.4, 0.5) is 0 Å². The fraction of sp³-hybridized carbons (Fsp3) is 0.522. The van der Waals surface area contributed by atoms with Crippen LogP contribution < -0.4 is 0 Å². The van der Waals surface area contributed by atoms with E-state index in [1.54, 1.807) is 4.90 Å². The first kappa shape index (κ1) is 18.6. The molecular weight excluding hydrogens is 366 g/mol. The van der Waals surface area contributed by atoms with Gasteiger partial charge < -0.3 is 10.0 Å². The fourth-order valence-electron chi connectivity index (χ4n) is 5.05. The summed E-state index contributed by atoms with van der Waals surface area (Å²) in [6, 6.07) is 11.7. The molecular formula is C23H27N3O3. The van der Waals surface area contributed by atoms with Crippen molar-refractivity contribution in [3.63, 3.8) is 0 Å². The molecule has 1 spiro atoms. The van der Waals surface area contributed by atoms with Gasteiger partial charge >= 0.3 is 5.97 Å². The van der Waals surface area contributed by atoms with Crippen molar-refractivity contribution in [1.82, 2.24) is 14.8 Å². The second-order valence-electron chi connectivity index (χ2n) is 9.07. The molecule has 2 saturated heterocycles. The van der Waals surface area contributed by atoms with E-state index in [1.807, 2.05) is 18.2 Å². The zero-order valence-electron chi connectivity index (χ0n) is 16.6. The number of pyridine rings is 1. The Morgan fingerprint density at radius 1 is 1.10 bits per heavy atom. The molecule has 152 valence electrons. The van der Waals surface area contributed by atoms with E-state index in [0.717, 1.165) is 61.9 Å². The Balaban J connectivity index is 1.24. The van der Waals surface area contributed by atoms with E-state index in [1.165, 1.54) is 0 Å². The minimum Gasteiger partial charge on any atom is -0.480 e. The van der Waals surface area contributed by atoms with E-state index in [4.69, 9.17) is 4.98 Å². The standard InChI is InChI=1S/C23H27N3O3/c27-21(17-5-6-17)26-15-23(13-20(26)22(28)29)9-11-25(12-10-23)14-18-8-7-16-3-1-2-4-19(16)24-18/h1-4,7-8,17,20H,5-6,9-15H2,(H,28,29)/t20-/m0/s1. The number of carbonyl (C=O) groups excluding carboxylic acids is 1. The molecule has 1 aliphatic carbocycles. The number of aliphatic carboxylic acids is 1. The summed E-state index contributed by atoms with van der Waals surface area (Å²) in [5.41, 5.74) is 2.05. The zero-order valence-corrected chi connectivity index (χ0v) is 16.6.